The fourth-order valence-electron chi connectivity index (χ4n) is 3.10. The molecule has 8 heteroatoms. The highest BCUT2D eigenvalue weighted by Gasteiger charge is 2.15. The van der Waals surface area contributed by atoms with Gasteiger partial charge in [0.05, 0.1) is 13.7 Å². The maximum atomic E-state index is 5.97. The number of aliphatic imine (C=N–C) groups is 1. The van der Waals surface area contributed by atoms with Gasteiger partial charge < -0.3 is 25.0 Å². The zero-order chi connectivity index (χ0) is 19.5. The van der Waals surface area contributed by atoms with E-state index in [4.69, 9.17) is 9.47 Å². The highest BCUT2D eigenvalue weighted by Crippen LogP contribution is 2.26. The molecule has 1 saturated heterocycles. The molecule has 0 aromatic heterocycles. The van der Waals surface area contributed by atoms with Crippen molar-refractivity contribution in [2.24, 2.45) is 4.99 Å². The molecule has 1 aromatic rings. The third-order valence-electron chi connectivity index (χ3n) is 4.81. The Morgan fingerprint density at radius 1 is 1.11 bits per heavy atom. The molecule has 0 spiro atoms. The number of halogens is 1. The molecule has 0 aliphatic carbocycles. The number of guanidine groups is 1. The van der Waals surface area contributed by atoms with Crippen LogP contribution in [0.5, 0.6) is 11.5 Å². The molecule has 2 N–H and O–H groups in total. The predicted molar refractivity (Wildman–Crippen MR) is 126 cm³/mol. The molecule has 1 aromatic carbocycles. The Kier molecular flexibility index (Phi) is 12.2. The molecule has 160 valence electrons. The number of para-hydroxylation sites is 2. The predicted octanol–water partition coefficient (Wildman–Crippen LogP) is 1.88. The van der Waals surface area contributed by atoms with E-state index in [1.165, 1.54) is 13.1 Å². The first kappa shape index (κ1) is 24.8. The number of hydrogen-bond acceptors (Lipinski definition) is 5. The van der Waals surface area contributed by atoms with Gasteiger partial charge in [-0.15, -0.1) is 24.0 Å². The van der Waals surface area contributed by atoms with Crippen LogP contribution in [0.25, 0.3) is 0 Å². The Hall–Kier alpha value is -1.26. The van der Waals surface area contributed by atoms with Crippen molar-refractivity contribution < 1.29 is 9.47 Å². The van der Waals surface area contributed by atoms with Crippen LogP contribution in [0.2, 0.25) is 0 Å². The number of ether oxygens (including phenoxy) is 2. The standard InChI is InChI=1S/C20H35N5O2.HI/c1-5-24-12-14-25(15-13-24)11-10-22-20(21-3)23-16-17(2)27-19-9-7-6-8-18(19)26-4;/h6-9,17H,5,10-16H2,1-4H3,(H2,21,22,23);1H. The summed E-state index contributed by atoms with van der Waals surface area (Å²) >= 11 is 0. The van der Waals surface area contributed by atoms with Crippen molar-refractivity contribution in [1.29, 1.82) is 0 Å². The normalized spacial score (nSPS) is 16.8. The smallest absolute Gasteiger partial charge is 0.191 e. The molecule has 1 aliphatic heterocycles. The van der Waals surface area contributed by atoms with Crippen LogP contribution in [0.1, 0.15) is 13.8 Å². The van der Waals surface area contributed by atoms with Gasteiger partial charge in [-0.05, 0) is 25.6 Å². The Balaban J connectivity index is 0.00000392. The van der Waals surface area contributed by atoms with Gasteiger partial charge in [-0.2, -0.15) is 0 Å². The zero-order valence-corrected chi connectivity index (χ0v) is 19.9. The van der Waals surface area contributed by atoms with Gasteiger partial charge in [-0.3, -0.25) is 9.89 Å². The van der Waals surface area contributed by atoms with Crippen LogP contribution >= 0.6 is 24.0 Å². The molecular weight excluding hydrogens is 469 g/mol. The first-order valence-corrected chi connectivity index (χ1v) is 9.85. The number of likely N-dealkylation sites (N-methyl/N-ethyl adjacent to an activating group) is 1. The van der Waals surface area contributed by atoms with E-state index >= 15 is 0 Å². The second kappa shape index (κ2) is 13.8. The second-order valence-electron chi connectivity index (χ2n) is 6.74. The molecule has 0 saturated carbocycles. The minimum Gasteiger partial charge on any atom is -0.493 e. The summed E-state index contributed by atoms with van der Waals surface area (Å²) in [7, 11) is 3.44. The molecule has 0 amide bonds. The van der Waals surface area contributed by atoms with E-state index in [2.05, 4.69) is 32.3 Å². The first-order chi connectivity index (χ1) is 13.2. The molecule has 0 radical (unpaired) electrons. The summed E-state index contributed by atoms with van der Waals surface area (Å²) in [5, 5.41) is 6.71. The van der Waals surface area contributed by atoms with Crippen molar-refractivity contribution in [2.75, 3.05) is 66.5 Å². The van der Waals surface area contributed by atoms with Gasteiger partial charge in [0.25, 0.3) is 0 Å². The number of piperazine rings is 1. The average molecular weight is 505 g/mol. The van der Waals surface area contributed by atoms with E-state index in [1.807, 2.05) is 31.2 Å². The van der Waals surface area contributed by atoms with Gasteiger partial charge >= 0.3 is 0 Å². The molecule has 2 rings (SSSR count). The lowest BCUT2D eigenvalue weighted by Gasteiger charge is -2.34. The fraction of sp³-hybridized carbons (Fsp3) is 0.650. The van der Waals surface area contributed by atoms with Crippen LogP contribution in [0.15, 0.2) is 29.3 Å². The monoisotopic (exact) mass is 505 g/mol. The number of benzene rings is 1. The average Bonchev–Trinajstić information content (AvgIpc) is 2.71. The van der Waals surface area contributed by atoms with Crippen LogP contribution < -0.4 is 20.1 Å². The SMILES string of the molecule is CCN1CCN(CCNC(=NC)NCC(C)Oc2ccccc2OC)CC1.I. The Bertz CT molecular complexity index is 579. The van der Waals surface area contributed by atoms with Crippen molar-refractivity contribution in [2.45, 2.75) is 20.0 Å². The maximum Gasteiger partial charge on any atom is 0.191 e. The molecule has 28 heavy (non-hydrogen) atoms. The number of rotatable bonds is 9. The molecule has 1 fully saturated rings. The largest absolute Gasteiger partial charge is 0.493 e. The summed E-state index contributed by atoms with van der Waals surface area (Å²) in [4.78, 5) is 9.29. The Labute approximate surface area is 186 Å². The molecule has 1 aliphatic rings. The number of hydrogen-bond donors (Lipinski definition) is 2. The molecule has 1 unspecified atom stereocenters. The summed E-state index contributed by atoms with van der Waals surface area (Å²) in [5.41, 5.74) is 0. The van der Waals surface area contributed by atoms with Crippen LogP contribution in [0.4, 0.5) is 0 Å². The molecule has 1 heterocycles. The van der Waals surface area contributed by atoms with E-state index in [0.29, 0.717) is 6.54 Å². The third-order valence-corrected chi connectivity index (χ3v) is 4.81. The van der Waals surface area contributed by atoms with Gasteiger partial charge in [-0.25, -0.2) is 0 Å². The van der Waals surface area contributed by atoms with Gasteiger partial charge in [0, 0.05) is 46.3 Å². The van der Waals surface area contributed by atoms with Crippen molar-refractivity contribution in [1.82, 2.24) is 20.4 Å². The van der Waals surface area contributed by atoms with E-state index in [-0.39, 0.29) is 30.1 Å². The maximum absolute atomic E-state index is 5.97. The van der Waals surface area contributed by atoms with E-state index in [9.17, 15) is 0 Å². The third kappa shape index (κ3) is 8.40. The van der Waals surface area contributed by atoms with Crippen molar-refractivity contribution in [3.8, 4) is 11.5 Å². The second-order valence-corrected chi connectivity index (χ2v) is 6.74. The van der Waals surface area contributed by atoms with Gasteiger partial charge in [0.15, 0.2) is 17.5 Å². The summed E-state index contributed by atoms with van der Waals surface area (Å²) in [6.45, 7) is 12.6. The fourth-order valence-corrected chi connectivity index (χ4v) is 3.10. The van der Waals surface area contributed by atoms with E-state index in [0.717, 1.165) is 50.2 Å². The molecule has 7 nitrogen and oxygen atoms in total. The summed E-state index contributed by atoms with van der Waals surface area (Å²) < 4.78 is 11.3. The minimum absolute atomic E-state index is 0. The lowest BCUT2D eigenvalue weighted by Crippen LogP contribution is -2.49. The summed E-state index contributed by atoms with van der Waals surface area (Å²) in [6, 6.07) is 7.69. The highest BCUT2D eigenvalue weighted by atomic mass is 127. The lowest BCUT2D eigenvalue weighted by atomic mass is 10.3. The van der Waals surface area contributed by atoms with Crippen molar-refractivity contribution in [3.05, 3.63) is 24.3 Å². The topological polar surface area (TPSA) is 61.4 Å². The van der Waals surface area contributed by atoms with Gasteiger partial charge in [0.2, 0.25) is 0 Å². The lowest BCUT2D eigenvalue weighted by molar-refractivity contribution is 0.139. The summed E-state index contributed by atoms with van der Waals surface area (Å²) in [5.74, 6) is 2.30. The van der Waals surface area contributed by atoms with Crippen LogP contribution in [-0.2, 0) is 0 Å². The molecule has 0 bridgehead atoms. The Morgan fingerprint density at radius 2 is 1.75 bits per heavy atom. The number of nitrogens with one attached hydrogen (secondary N) is 2. The van der Waals surface area contributed by atoms with Crippen LogP contribution in [-0.4, -0.2) is 88.4 Å². The zero-order valence-electron chi connectivity index (χ0n) is 17.6. The number of methoxy groups -OCH3 is 1. The molecular formula is C20H36IN5O2. The summed E-state index contributed by atoms with van der Waals surface area (Å²) in [6.07, 6.45) is -0.0121. The van der Waals surface area contributed by atoms with Gasteiger partial charge in [-0.1, -0.05) is 19.1 Å². The number of nitrogens with zero attached hydrogens (tertiary/aromatic N) is 3. The van der Waals surface area contributed by atoms with E-state index < -0.39 is 0 Å². The van der Waals surface area contributed by atoms with Crippen molar-refractivity contribution in [3.63, 3.8) is 0 Å². The minimum atomic E-state index is -0.0121. The van der Waals surface area contributed by atoms with Crippen molar-refractivity contribution >= 4 is 29.9 Å². The van der Waals surface area contributed by atoms with Crippen LogP contribution in [0, 0.1) is 0 Å². The Morgan fingerprint density at radius 3 is 2.36 bits per heavy atom. The van der Waals surface area contributed by atoms with E-state index in [1.54, 1.807) is 14.2 Å². The van der Waals surface area contributed by atoms with Crippen LogP contribution in [0.3, 0.4) is 0 Å². The quantitative estimate of drug-likeness (QED) is 0.304. The van der Waals surface area contributed by atoms with Gasteiger partial charge in [0.1, 0.15) is 6.10 Å². The highest BCUT2D eigenvalue weighted by molar-refractivity contribution is 14.0. The molecule has 1 atom stereocenters. The first-order valence-electron chi connectivity index (χ1n) is 9.85.